The van der Waals surface area contributed by atoms with Crippen LogP contribution < -0.4 is 10.1 Å². The molecule has 1 N–H and O–H groups in total. The van der Waals surface area contributed by atoms with E-state index in [2.05, 4.69) is 5.32 Å². The van der Waals surface area contributed by atoms with Crippen molar-refractivity contribution < 1.29 is 14.3 Å². The molecule has 2 aromatic carbocycles. The van der Waals surface area contributed by atoms with Crippen molar-refractivity contribution in [2.45, 2.75) is 26.8 Å². The van der Waals surface area contributed by atoms with Crippen molar-refractivity contribution in [2.75, 3.05) is 25.5 Å². The van der Waals surface area contributed by atoms with Crippen molar-refractivity contribution in [3.63, 3.8) is 0 Å². The predicted molar refractivity (Wildman–Crippen MR) is 104 cm³/mol. The van der Waals surface area contributed by atoms with E-state index in [1.807, 2.05) is 50.1 Å². The van der Waals surface area contributed by atoms with Gasteiger partial charge in [0.15, 0.2) is 5.78 Å². The lowest BCUT2D eigenvalue weighted by molar-refractivity contribution is -0.120. The third-order valence-electron chi connectivity index (χ3n) is 4.39. The summed E-state index contributed by atoms with van der Waals surface area (Å²) in [6.07, 6.45) is 0. The van der Waals surface area contributed by atoms with Crippen LogP contribution in [0.15, 0.2) is 48.5 Å². The number of rotatable bonds is 8. The van der Waals surface area contributed by atoms with Crippen LogP contribution in [0.5, 0.6) is 5.75 Å². The van der Waals surface area contributed by atoms with E-state index >= 15 is 0 Å². The van der Waals surface area contributed by atoms with Crippen LogP contribution in [0.4, 0.5) is 5.69 Å². The van der Waals surface area contributed by atoms with Gasteiger partial charge in [-0.1, -0.05) is 18.2 Å². The number of carbonyl (C=O) groups is 2. The molecule has 0 saturated heterocycles. The minimum absolute atomic E-state index is 0.00429. The van der Waals surface area contributed by atoms with Crippen LogP contribution in [0.25, 0.3) is 0 Å². The summed E-state index contributed by atoms with van der Waals surface area (Å²) >= 11 is 0. The van der Waals surface area contributed by atoms with E-state index in [0.29, 0.717) is 24.4 Å². The van der Waals surface area contributed by atoms with E-state index < -0.39 is 0 Å². The normalized spacial score (nSPS) is 11.9. The summed E-state index contributed by atoms with van der Waals surface area (Å²) < 4.78 is 5.79. The molecular formula is C21H26N2O3. The largest absolute Gasteiger partial charge is 0.492 e. The first-order valence-electron chi connectivity index (χ1n) is 8.69. The molecule has 2 rings (SSSR count). The van der Waals surface area contributed by atoms with Crippen LogP contribution >= 0.6 is 0 Å². The molecule has 0 spiro atoms. The molecule has 0 radical (unpaired) electrons. The molecule has 1 amide bonds. The Kier molecular flexibility index (Phi) is 6.92. The minimum atomic E-state index is -0.303. The van der Waals surface area contributed by atoms with E-state index in [0.717, 1.165) is 11.3 Å². The quantitative estimate of drug-likeness (QED) is 0.737. The number of anilines is 1. The predicted octanol–water partition coefficient (Wildman–Crippen LogP) is 3.54. The molecule has 1 unspecified atom stereocenters. The maximum absolute atomic E-state index is 12.4. The second-order valence-electron chi connectivity index (χ2n) is 6.39. The zero-order valence-electron chi connectivity index (χ0n) is 15.8. The fraction of sp³-hybridized carbons (Fsp3) is 0.333. The topological polar surface area (TPSA) is 58.6 Å². The van der Waals surface area contributed by atoms with Crippen molar-refractivity contribution in [3.8, 4) is 5.75 Å². The van der Waals surface area contributed by atoms with Gasteiger partial charge < -0.3 is 10.1 Å². The number of ether oxygens (including phenoxy) is 1. The Labute approximate surface area is 155 Å². The van der Waals surface area contributed by atoms with Crippen molar-refractivity contribution in [1.29, 1.82) is 0 Å². The Morgan fingerprint density at radius 1 is 1.12 bits per heavy atom. The molecule has 1 atom stereocenters. The third-order valence-corrected chi connectivity index (χ3v) is 4.39. The summed E-state index contributed by atoms with van der Waals surface area (Å²) in [6, 6.07) is 14.5. The maximum atomic E-state index is 12.4. The number of nitrogens with zero attached hydrogens (tertiary/aromatic N) is 1. The number of carbonyl (C=O) groups excluding carboxylic acids is 2. The Balaban J connectivity index is 1.82. The zero-order chi connectivity index (χ0) is 19.1. The van der Waals surface area contributed by atoms with Crippen molar-refractivity contribution >= 4 is 17.4 Å². The van der Waals surface area contributed by atoms with Crippen LogP contribution in [0.1, 0.15) is 29.8 Å². The fourth-order valence-electron chi connectivity index (χ4n) is 2.45. The molecule has 26 heavy (non-hydrogen) atoms. The highest BCUT2D eigenvalue weighted by molar-refractivity contribution is 5.96. The first-order chi connectivity index (χ1) is 12.4. The average molecular weight is 354 g/mol. The number of benzene rings is 2. The van der Waals surface area contributed by atoms with Gasteiger partial charge in [-0.25, -0.2) is 0 Å². The van der Waals surface area contributed by atoms with Crippen molar-refractivity contribution in [2.24, 2.45) is 0 Å². The standard InChI is InChI=1S/C21H26N2O3/c1-15-7-5-6-8-20(15)26-14-13-23(4)16(2)21(25)22-19-11-9-18(10-12-19)17(3)24/h5-12,16H,13-14H2,1-4H3,(H,22,25). The molecule has 0 aliphatic rings. The molecule has 0 bridgehead atoms. The van der Waals surface area contributed by atoms with E-state index in [1.165, 1.54) is 6.92 Å². The number of likely N-dealkylation sites (N-methyl/N-ethyl adjacent to an activating group) is 1. The molecule has 5 heteroatoms. The van der Waals surface area contributed by atoms with Crippen LogP contribution in [0.2, 0.25) is 0 Å². The number of aryl methyl sites for hydroxylation is 1. The van der Waals surface area contributed by atoms with E-state index in [4.69, 9.17) is 4.74 Å². The molecule has 138 valence electrons. The molecule has 5 nitrogen and oxygen atoms in total. The number of hydrogen-bond donors (Lipinski definition) is 1. The lowest BCUT2D eigenvalue weighted by Crippen LogP contribution is -2.41. The molecule has 0 aliphatic heterocycles. The van der Waals surface area contributed by atoms with Gasteiger partial charge in [0, 0.05) is 17.8 Å². The van der Waals surface area contributed by atoms with E-state index in [1.54, 1.807) is 24.3 Å². The van der Waals surface area contributed by atoms with Gasteiger partial charge in [-0.2, -0.15) is 0 Å². The number of hydrogen-bond acceptors (Lipinski definition) is 4. The molecular weight excluding hydrogens is 328 g/mol. The summed E-state index contributed by atoms with van der Waals surface area (Å²) in [7, 11) is 1.89. The average Bonchev–Trinajstić information content (AvgIpc) is 2.63. The monoisotopic (exact) mass is 354 g/mol. The number of nitrogens with one attached hydrogen (secondary N) is 1. The number of Topliss-reactive ketones (excluding diaryl/α,β-unsaturated/α-hetero) is 1. The molecule has 0 heterocycles. The molecule has 0 fully saturated rings. The molecule has 0 aliphatic carbocycles. The van der Waals surface area contributed by atoms with E-state index in [-0.39, 0.29) is 17.7 Å². The Morgan fingerprint density at radius 3 is 2.38 bits per heavy atom. The molecule has 0 aromatic heterocycles. The second-order valence-corrected chi connectivity index (χ2v) is 6.39. The SMILES string of the molecule is CC(=O)c1ccc(NC(=O)C(C)N(C)CCOc2ccccc2C)cc1. The highest BCUT2D eigenvalue weighted by Gasteiger charge is 2.18. The van der Waals surface area contributed by atoms with Crippen LogP contribution in [-0.2, 0) is 4.79 Å². The summed E-state index contributed by atoms with van der Waals surface area (Å²) in [6.45, 7) is 6.52. The Morgan fingerprint density at radius 2 is 1.77 bits per heavy atom. The van der Waals surface area contributed by atoms with Gasteiger partial charge in [0.25, 0.3) is 0 Å². The highest BCUT2D eigenvalue weighted by atomic mass is 16.5. The van der Waals surface area contributed by atoms with Gasteiger partial charge in [0.2, 0.25) is 5.91 Å². The number of ketones is 1. The minimum Gasteiger partial charge on any atom is -0.492 e. The van der Waals surface area contributed by atoms with Gasteiger partial charge in [0.05, 0.1) is 6.04 Å². The smallest absolute Gasteiger partial charge is 0.241 e. The number of para-hydroxylation sites is 1. The van der Waals surface area contributed by atoms with Crippen molar-refractivity contribution in [3.05, 3.63) is 59.7 Å². The van der Waals surface area contributed by atoms with Crippen LogP contribution in [-0.4, -0.2) is 42.8 Å². The zero-order valence-corrected chi connectivity index (χ0v) is 15.8. The summed E-state index contributed by atoms with van der Waals surface area (Å²) in [5.41, 5.74) is 2.40. The van der Waals surface area contributed by atoms with Gasteiger partial charge >= 0.3 is 0 Å². The molecule has 0 saturated carbocycles. The molecule has 2 aromatic rings. The third kappa shape index (κ3) is 5.43. The first kappa shape index (κ1) is 19.7. The summed E-state index contributed by atoms with van der Waals surface area (Å²) in [5.74, 6) is 0.771. The van der Waals surface area contributed by atoms with Crippen molar-refractivity contribution in [1.82, 2.24) is 4.90 Å². The Hall–Kier alpha value is -2.66. The first-order valence-corrected chi connectivity index (χ1v) is 8.69. The highest BCUT2D eigenvalue weighted by Crippen LogP contribution is 2.16. The number of amides is 1. The van der Waals surface area contributed by atoms with E-state index in [9.17, 15) is 9.59 Å². The second kappa shape index (κ2) is 9.15. The van der Waals surface area contributed by atoms with Gasteiger partial charge in [-0.15, -0.1) is 0 Å². The van der Waals surface area contributed by atoms with Gasteiger partial charge in [0.1, 0.15) is 12.4 Å². The summed E-state index contributed by atoms with van der Waals surface area (Å²) in [4.78, 5) is 25.6. The fourth-order valence-corrected chi connectivity index (χ4v) is 2.45. The summed E-state index contributed by atoms with van der Waals surface area (Å²) in [5, 5.41) is 2.87. The van der Waals surface area contributed by atoms with Crippen LogP contribution in [0.3, 0.4) is 0 Å². The van der Waals surface area contributed by atoms with Gasteiger partial charge in [-0.3, -0.25) is 14.5 Å². The maximum Gasteiger partial charge on any atom is 0.241 e. The Bertz CT molecular complexity index is 756. The van der Waals surface area contributed by atoms with Crippen LogP contribution in [0, 0.1) is 6.92 Å². The lowest BCUT2D eigenvalue weighted by atomic mass is 10.1. The lowest BCUT2D eigenvalue weighted by Gasteiger charge is -2.24. The van der Waals surface area contributed by atoms with Gasteiger partial charge in [-0.05, 0) is 63.7 Å².